The first-order valence-electron chi connectivity index (χ1n) is 8.87. The van der Waals surface area contributed by atoms with Crippen molar-refractivity contribution in [2.75, 3.05) is 19.6 Å². The number of carbonyl (C=O) groups excluding carboxylic acids is 1. The summed E-state index contributed by atoms with van der Waals surface area (Å²) < 4.78 is 1.99. The van der Waals surface area contributed by atoms with Crippen LogP contribution in [-0.2, 0) is 17.9 Å². The Hall–Kier alpha value is -2.28. The molecule has 3 heterocycles. The summed E-state index contributed by atoms with van der Waals surface area (Å²) in [6.45, 7) is 7.61. The van der Waals surface area contributed by atoms with Crippen LogP contribution in [0.15, 0.2) is 24.4 Å². The minimum atomic E-state index is 0.0547. The Balaban J connectivity index is 1.46. The largest absolute Gasteiger partial charge is 0.349 e. The second kappa shape index (κ2) is 8.20. The molecular weight excluding hydrogens is 316 g/mol. The Morgan fingerprint density at radius 3 is 2.96 bits per heavy atom. The zero-order valence-electron chi connectivity index (χ0n) is 15.0. The van der Waals surface area contributed by atoms with E-state index in [2.05, 4.69) is 25.3 Å². The minimum absolute atomic E-state index is 0.0547. The molecule has 0 spiro atoms. The fourth-order valence-corrected chi connectivity index (χ4v) is 3.37. The van der Waals surface area contributed by atoms with Gasteiger partial charge in [-0.3, -0.25) is 14.7 Å². The molecule has 0 bridgehead atoms. The Labute approximate surface area is 148 Å². The lowest BCUT2D eigenvalue weighted by Crippen LogP contribution is -2.43. The summed E-state index contributed by atoms with van der Waals surface area (Å²) in [5, 5.41) is 7.41. The van der Waals surface area contributed by atoms with Crippen LogP contribution in [-0.4, -0.2) is 50.2 Å². The molecule has 7 nitrogen and oxygen atoms in total. The molecule has 1 N–H and O–H groups in total. The maximum Gasteiger partial charge on any atom is 0.234 e. The second-order valence-corrected chi connectivity index (χ2v) is 6.73. The van der Waals surface area contributed by atoms with Gasteiger partial charge in [-0.1, -0.05) is 6.07 Å². The number of hydrogen-bond donors (Lipinski definition) is 1. The SMILES string of the molecule is Cc1nc(C)n(C[C@@H]2CCCN(CC(=O)NCc3ccccn3)C2)n1. The van der Waals surface area contributed by atoms with E-state index in [0.717, 1.165) is 43.4 Å². The number of pyridine rings is 1. The normalized spacial score (nSPS) is 18.2. The van der Waals surface area contributed by atoms with Gasteiger partial charge in [-0.15, -0.1) is 0 Å². The number of hydrogen-bond acceptors (Lipinski definition) is 5. The van der Waals surface area contributed by atoms with Crippen LogP contribution in [0.2, 0.25) is 0 Å². The van der Waals surface area contributed by atoms with Crippen molar-refractivity contribution in [1.82, 2.24) is 30.0 Å². The third-order valence-electron chi connectivity index (χ3n) is 4.56. The summed E-state index contributed by atoms with van der Waals surface area (Å²) in [5.74, 6) is 2.35. The fraction of sp³-hybridized carbons (Fsp3) is 0.556. The van der Waals surface area contributed by atoms with Crippen LogP contribution >= 0.6 is 0 Å². The van der Waals surface area contributed by atoms with Gasteiger partial charge in [0, 0.05) is 19.3 Å². The standard InChI is InChI=1S/C18H26N6O/c1-14-21-15(2)24(22-14)12-16-6-5-9-23(11-16)13-18(25)20-10-17-7-3-4-8-19-17/h3-4,7-8,16H,5-6,9-13H2,1-2H3,(H,20,25)/t16-/m1/s1. The first-order valence-corrected chi connectivity index (χ1v) is 8.87. The predicted octanol–water partition coefficient (Wildman–Crippen LogP) is 1.32. The highest BCUT2D eigenvalue weighted by Crippen LogP contribution is 2.18. The van der Waals surface area contributed by atoms with Gasteiger partial charge in [-0.05, 0) is 51.3 Å². The van der Waals surface area contributed by atoms with Crippen molar-refractivity contribution in [2.24, 2.45) is 5.92 Å². The number of carbonyl (C=O) groups is 1. The molecule has 1 amide bonds. The average Bonchev–Trinajstić information content (AvgIpc) is 2.91. The molecule has 7 heteroatoms. The summed E-state index contributed by atoms with van der Waals surface area (Å²) in [6, 6.07) is 5.72. The fourth-order valence-electron chi connectivity index (χ4n) is 3.37. The molecular formula is C18H26N6O. The summed E-state index contributed by atoms with van der Waals surface area (Å²) >= 11 is 0. The summed E-state index contributed by atoms with van der Waals surface area (Å²) in [5.41, 5.74) is 0.879. The number of nitrogens with one attached hydrogen (secondary N) is 1. The molecule has 1 saturated heterocycles. The van der Waals surface area contributed by atoms with Crippen molar-refractivity contribution < 1.29 is 4.79 Å². The van der Waals surface area contributed by atoms with Crippen molar-refractivity contribution in [3.63, 3.8) is 0 Å². The van der Waals surface area contributed by atoms with Crippen molar-refractivity contribution >= 4 is 5.91 Å². The van der Waals surface area contributed by atoms with E-state index < -0.39 is 0 Å². The number of rotatable bonds is 6. The highest BCUT2D eigenvalue weighted by Gasteiger charge is 2.22. The summed E-state index contributed by atoms with van der Waals surface area (Å²) in [6.07, 6.45) is 4.03. The van der Waals surface area contributed by atoms with Crippen molar-refractivity contribution in [3.8, 4) is 0 Å². The molecule has 1 fully saturated rings. The van der Waals surface area contributed by atoms with Gasteiger partial charge in [0.2, 0.25) is 5.91 Å². The highest BCUT2D eigenvalue weighted by atomic mass is 16.2. The maximum atomic E-state index is 12.2. The van der Waals surface area contributed by atoms with Gasteiger partial charge in [-0.25, -0.2) is 9.67 Å². The highest BCUT2D eigenvalue weighted by molar-refractivity contribution is 5.77. The van der Waals surface area contributed by atoms with E-state index in [1.54, 1.807) is 6.20 Å². The van der Waals surface area contributed by atoms with Crippen LogP contribution in [0.1, 0.15) is 30.2 Å². The van der Waals surface area contributed by atoms with E-state index in [4.69, 9.17) is 0 Å². The van der Waals surface area contributed by atoms with E-state index >= 15 is 0 Å². The molecule has 0 saturated carbocycles. The smallest absolute Gasteiger partial charge is 0.234 e. The molecule has 0 aromatic carbocycles. The molecule has 1 aliphatic rings. The van der Waals surface area contributed by atoms with Crippen LogP contribution in [0.25, 0.3) is 0 Å². The third-order valence-corrected chi connectivity index (χ3v) is 4.56. The van der Waals surface area contributed by atoms with E-state index in [9.17, 15) is 4.79 Å². The van der Waals surface area contributed by atoms with E-state index in [1.807, 2.05) is 36.7 Å². The quantitative estimate of drug-likeness (QED) is 0.857. The van der Waals surface area contributed by atoms with Gasteiger partial charge in [0.25, 0.3) is 0 Å². The van der Waals surface area contributed by atoms with Crippen LogP contribution in [0.3, 0.4) is 0 Å². The first kappa shape index (κ1) is 17.5. The molecule has 2 aromatic heterocycles. The Morgan fingerprint density at radius 1 is 1.36 bits per heavy atom. The van der Waals surface area contributed by atoms with E-state index in [0.29, 0.717) is 19.0 Å². The molecule has 0 unspecified atom stereocenters. The molecule has 0 aliphatic carbocycles. The van der Waals surface area contributed by atoms with Crippen LogP contribution in [0.4, 0.5) is 0 Å². The summed E-state index contributed by atoms with van der Waals surface area (Å²) in [7, 11) is 0. The lowest BCUT2D eigenvalue weighted by atomic mass is 9.98. The number of piperidine rings is 1. The molecule has 1 atom stereocenters. The van der Waals surface area contributed by atoms with Crippen molar-refractivity contribution in [1.29, 1.82) is 0 Å². The van der Waals surface area contributed by atoms with E-state index in [-0.39, 0.29) is 5.91 Å². The number of likely N-dealkylation sites (tertiary alicyclic amines) is 1. The molecule has 1 aliphatic heterocycles. The van der Waals surface area contributed by atoms with Crippen LogP contribution < -0.4 is 5.32 Å². The second-order valence-electron chi connectivity index (χ2n) is 6.73. The van der Waals surface area contributed by atoms with Gasteiger partial charge < -0.3 is 5.32 Å². The molecule has 134 valence electrons. The van der Waals surface area contributed by atoms with E-state index in [1.165, 1.54) is 6.42 Å². The van der Waals surface area contributed by atoms with Gasteiger partial charge in [0.1, 0.15) is 11.6 Å². The van der Waals surface area contributed by atoms with Crippen molar-refractivity contribution in [2.45, 2.75) is 39.8 Å². The zero-order valence-corrected chi connectivity index (χ0v) is 15.0. The first-order chi connectivity index (χ1) is 12.1. The van der Waals surface area contributed by atoms with Crippen LogP contribution in [0, 0.1) is 19.8 Å². The van der Waals surface area contributed by atoms with Gasteiger partial charge >= 0.3 is 0 Å². The number of aromatic nitrogens is 4. The zero-order chi connectivity index (χ0) is 17.6. The van der Waals surface area contributed by atoms with Gasteiger partial charge in [-0.2, -0.15) is 5.10 Å². The molecule has 25 heavy (non-hydrogen) atoms. The molecule has 0 radical (unpaired) electrons. The van der Waals surface area contributed by atoms with Gasteiger partial charge in [0.15, 0.2) is 0 Å². The lowest BCUT2D eigenvalue weighted by Gasteiger charge is -2.32. The molecule has 2 aromatic rings. The lowest BCUT2D eigenvalue weighted by molar-refractivity contribution is -0.122. The number of nitrogens with zero attached hydrogens (tertiary/aromatic N) is 5. The summed E-state index contributed by atoms with van der Waals surface area (Å²) in [4.78, 5) is 23.0. The third kappa shape index (κ3) is 5.09. The van der Waals surface area contributed by atoms with Crippen LogP contribution in [0.5, 0.6) is 0 Å². The topological polar surface area (TPSA) is 75.9 Å². The number of aryl methyl sites for hydroxylation is 2. The van der Waals surface area contributed by atoms with Gasteiger partial charge in [0.05, 0.1) is 18.8 Å². The van der Waals surface area contributed by atoms with Crippen molar-refractivity contribution in [3.05, 3.63) is 41.7 Å². The Morgan fingerprint density at radius 2 is 2.24 bits per heavy atom. The Kier molecular flexibility index (Phi) is 5.75. The minimum Gasteiger partial charge on any atom is -0.349 e. The maximum absolute atomic E-state index is 12.2. The monoisotopic (exact) mass is 342 g/mol. The Bertz CT molecular complexity index is 699. The number of amides is 1. The predicted molar refractivity (Wildman–Crippen MR) is 94.7 cm³/mol. The molecule has 3 rings (SSSR count). The average molecular weight is 342 g/mol.